The third kappa shape index (κ3) is 5.63. The van der Waals surface area contributed by atoms with Crippen LogP contribution in [0.25, 0.3) is 0 Å². The Balaban J connectivity index is 1.78. The van der Waals surface area contributed by atoms with Crippen LogP contribution in [-0.4, -0.2) is 31.4 Å². The lowest BCUT2D eigenvalue weighted by molar-refractivity contribution is -0.137. The largest absolute Gasteiger partial charge is 0.495 e. The molecule has 10 heteroatoms. The van der Waals surface area contributed by atoms with Crippen LogP contribution in [0.3, 0.4) is 0 Å². The molecule has 0 saturated carbocycles. The van der Waals surface area contributed by atoms with E-state index < -0.39 is 30.4 Å². The molecular formula is C25H23F6N3O. The first-order valence-electron chi connectivity index (χ1n) is 10.9. The van der Waals surface area contributed by atoms with Crippen molar-refractivity contribution in [3.05, 3.63) is 83.7 Å². The summed E-state index contributed by atoms with van der Waals surface area (Å²) in [6.07, 6.45) is -8.47. The lowest BCUT2D eigenvalue weighted by Gasteiger charge is -2.45. The Morgan fingerprint density at radius 1 is 0.943 bits per heavy atom. The van der Waals surface area contributed by atoms with Crippen LogP contribution in [0.1, 0.15) is 29.3 Å². The normalized spacial score (nSPS) is 16.3. The van der Waals surface area contributed by atoms with Crippen molar-refractivity contribution >= 4 is 11.4 Å². The van der Waals surface area contributed by atoms with Crippen molar-refractivity contribution in [3.63, 3.8) is 0 Å². The van der Waals surface area contributed by atoms with E-state index in [0.717, 1.165) is 12.1 Å². The van der Waals surface area contributed by atoms with Gasteiger partial charge in [-0.3, -0.25) is 4.98 Å². The van der Waals surface area contributed by atoms with Gasteiger partial charge in [-0.1, -0.05) is 24.3 Å². The molecule has 0 fully saturated rings. The highest BCUT2D eigenvalue weighted by Gasteiger charge is 2.37. The predicted molar refractivity (Wildman–Crippen MR) is 120 cm³/mol. The Bertz CT molecular complexity index is 1160. The molecule has 0 unspecified atom stereocenters. The van der Waals surface area contributed by atoms with E-state index in [2.05, 4.69) is 4.98 Å². The molecule has 0 saturated heterocycles. The quantitative estimate of drug-likeness (QED) is 0.359. The monoisotopic (exact) mass is 495 g/mol. The van der Waals surface area contributed by atoms with Crippen molar-refractivity contribution in [1.82, 2.24) is 4.98 Å². The molecule has 0 amide bonds. The van der Waals surface area contributed by atoms with Crippen LogP contribution in [0.5, 0.6) is 5.75 Å². The Morgan fingerprint density at radius 3 is 2.37 bits per heavy atom. The maximum Gasteiger partial charge on any atom is 0.416 e. The van der Waals surface area contributed by atoms with E-state index in [4.69, 9.17) is 4.74 Å². The van der Waals surface area contributed by atoms with Gasteiger partial charge in [0.25, 0.3) is 0 Å². The van der Waals surface area contributed by atoms with Crippen molar-refractivity contribution < 1.29 is 31.1 Å². The first kappa shape index (κ1) is 24.7. The van der Waals surface area contributed by atoms with Gasteiger partial charge in [-0.05, 0) is 42.0 Å². The van der Waals surface area contributed by atoms with E-state index in [9.17, 15) is 26.3 Å². The third-order valence-corrected chi connectivity index (χ3v) is 5.95. The first-order valence-corrected chi connectivity index (χ1v) is 10.9. The zero-order valence-electron chi connectivity index (χ0n) is 18.8. The average molecular weight is 495 g/mol. The van der Waals surface area contributed by atoms with Crippen LogP contribution in [0.15, 0.2) is 66.9 Å². The molecule has 4 rings (SSSR count). The summed E-state index contributed by atoms with van der Waals surface area (Å²) in [5.41, 5.74) is 1.24. The fourth-order valence-electron chi connectivity index (χ4n) is 4.34. The number of fused-ring (bicyclic) bond motifs is 1. The topological polar surface area (TPSA) is 28.6 Å². The van der Waals surface area contributed by atoms with E-state index in [1.165, 1.54) is 19.2 Å². The van der Waals surface area contributed by atoms with Gasteiger partial charge in [0.1, 0.15) is 11.4 Å². The molecular weight excluding hydrogens is 472 g/mol. The maximum atomic E-state index is 13.4. The zero-order valence-corrected chi connectivity index (χ0v) is 18.8. The number of nitrogens with zero attached hydrogens (tertiary/aromatic N) is 3. The van der Waals surface area contributed by atoms with Crippen LogP contribution >= 0.6 is 0 Å². The molecule has 0 N–H and O–H groups in total. The highest BCUT2D eigenvalue weighted by atomic mass is 19.4. The summed E-state index contributed by atoms with van der Waals surface area (Å²) in [5, 5.41) is 0. The van der Waals surface area contributed by atoms with Crippen molar-refractivity contribution in [2.24, 2.45) is 0 Å². The summed E-state index contributed by atoms with van der Waals surface area (Å²) >= 11 is 0. The van der Waals surface area contributed by atoms with Gasteiger partial charge in [-0.2, -0.15) is 26.3 Å². The fourth-order valence-corrected chi connectivity index (χ4v) is 4.34. The smallest absolute Gasteiger partial charge is 0.416 e. The second kappa shape index (κ2) is 9.67. The third-order valence-electron chi connectivity index (χ3n) is 5.95. The number of para-hydroxylation sites is 2. The van der Waals surface area contributed by atoms with Crippen LogP contribution in [0.2, 0.25) is 0 Å². The molecule has 1 atom stereocenters. The highest BCUT2D eigenvalue weighted by Crippen LogP contribution is 2.43. The Kier molecular flexibility index (Phi) is 6.82. The van der Waals surface area contributed by atoms with E-state index in [1.54, 1.807) is 47.5 Å². The Morgan fingerprint density at radius 2 is 1.69 bits per heavy atom. The Labute approximate surface area is 198 Å². The summed E-state index contributed by atoms with van der Waals surface area (Å²) in [4.78, 5) is 7.83. The molecule has 2 heterocycles. The number of hydrogen-bond donors (Lipinski definition) is 0. The number of pyridine rings is 1. The van der Waals surface area contributed by atoms with Gasteiger partial charge >= 0.3 is 12.4 Å². The molecule has 35 heavy (non-hydrogen) atoms. The van der Waals surface area contributed by atoms with Crippen LogP contribution in [0.4, 0.5) is 37.7 Å². The van der Waals surface area contributed by atoms with Gasteiger partial charge in [0.05, 0.1) is 43.1 Å². The number of halogens is 6. The highest BCUT2D eigenvalue weighted by molar-refractivity contribution is 5.74. The standard InChI is InChI=1S/C25H23F6N3O/c1-35-23-10-5-12-32-19(23)15-33-16-22(17-6-4-7-18(14-17)25(29,30)31)34(13-11-24(26,27)28)21-9-3-2-8-20(21)33/h2-10,12,14,22H,11,13,15-16H2,1H3/t22-/m0/s1. The predicted octanol–water partition coefficient (Wildman–Crippen LogP) is 6.63. The summed E-state index contributed by atoms with van der Waals surface area (Å²) in [6.45, 7) is 0.0433. The minimum atomic E-state index is -4.57. The van der Waals surface area contributed by atoms with E-state index >= 15 is 0 Å². The fraction of sp³-hybridized carbons (Fsp3) is 0.320. The minimum absolute atomic E-state index is 0.163. The molecule has 1 aliphatic heterocycles. The molecule has 0 radical (unpaired) electrons. The van der Waals surface area contributed by atoms with Crippen LogP contribution in [0, 0.1) is 0 Å². The van der Waals surface area contributed by atoms with Crippen molar-refractivity contribution in [1.29, 1.82) is 0 Å². The second-order valence-corrected chi connectivity index (χ2v) is 8.22. The summed E-state index contributed by atoms with van der Waals surface area (Å²) < 4.78 is 85.2. The van der Waals surface area contributed by atoms with Gasteiger partial charge in [0.2, 0.25) is 0 Å². The molecule has 186 valence electrons. The lowest BCUT2D eigenvalue weighted by Crippen LogP contribution is -2.44. The SMILES string of the molecule is COc1cccnc1CN1C[C@@H](c2cccc(C(F)(F)F)c2)N(CCC(F)(F)F)c2ccccc21. The average Bonchev–Trinajstić information content (AvgIpc) is 2.82. The van der Waals surface area contributed by atoms with Gasteiger partial charge in [-0.25, -0.2) is 0 Å². The van der Waals surface area contributed by atoms with Gasteiger partial charge in [-0.15, -0.1) is 0 Å². The molecule has 1 aromatic heterocycles. The van der Waals surface area contributed by atoms with Gasteiger partial charge in [0.15, 0.2) is 0 Å². The number of hydrogen-bond acceptors (Lipinski definition) is 4. The van der Waals surface area contributed by atoms with Crippen LogP contribution < -0.4 is 14.5 Å². The summed E-state index contributed by atoms with van der Waals surface area (Å²) in [7, 11) is 1.51. The molecule has 2 aromatic carbocycles. The molecule has 4 nitrogen and oxygen atoms in total. The minimum Gasteiger partial charge on any atom is -0.495 e. The number of aromatic nitrogens is 1. The number of alkyl halides is 6. The van der Waals surface area contributed by atoms with E-state index in [-0.39, 0.29) is 25.2 Å². The lowest BCUT2D eigenvalue weighted by atomic mass is 9.97. The number of ether oxygens (including phenoxy) is 1. The Hall–Kier alpha value is -3.43. The van der Waals surface area contributed by atoms with E-state index in [0.29, 0.717) is 22.8 Å². The van der Waals surface area contributed by atoms with Crippen LogP contribution in [-0.2, 0) is 12.7 Å². The van der Waals surface area contributed by atoms with Crippen molar-refractivity contribution in [3.8, 4) is 5.75 Å². The summed E-state index contributed by atoms with van der Waals surface area (Å²) in [5.74, 6) is 0.542. The molecule has 3 aromatic rings. The van der Waals surface area contributed by atoms with Crippen molar-refractivity contribution in [2.75, 3.05) is 30.0 Å². The van der Waals surface area contributed by atoms with E-state index in [1.807, 2.05) is 4.90 Å². The van der Waals surface area contributed by atoms with Gasteiger partial charge in [0, 0.05) is 19.3 Å². The summed E-state index contributed by atoms with van der Waals surface area (Å²) in [6, 6.07) is 14.4. The zero-order chi connectivity index (χ0) is 25.2. The van der Waals surface area contributed by atoms with Crippen molar-refractivity contribution in [2.45, 2.75) is 31.4 Å². The first-order chi connectivity index (χ1) is 16.6. The maximum absolute atomic E-state index is 13.4. The number of anilines is 2. The molecule has 1 aliphatic rings. The number of rotatable bonds is 6. The molecule has 0 spiro atoms. The number of methoxy groups -OCH3 is 1. The van der Waals surface area contributed by atoms with Gasteiger partial charge < -0.3 is 14.5 Å². The second-order valence-electron chi connectivity index (χ2n) is 8.22. The number of benzene rings is 2. The molecule has 0 aliphatic carbocycles. The molecule has 0 bridgehead atoms.